The number of hydrogen-bond acceptors (Lipinski definition) is 3. The minimum Gasteiger partial charge on any atom is -0.329 e. The van der Waals surface area contributed by atoms with Gasteiger partial charge >= 0.3 is 0 Å². The Kier molecular flexibility index (Phi) is 1.70. The second-order valence-electron chi connectivity index (χ2n) is 2.69. The maximum absolute atomic E-state index is 10.9. The predicted molar refractivity (Wildman–Crippen MR) is 47.2 cm³/mol. The van der Waals surface area contributed by atoms with Crippen molar-refractivity contribution in [1.29, 1.82) is 0 Å². The van der Waals surface area contributed by atoms with Crippen LogP contribution in [-0.2, 0) is 0 Å². The number of nitrogens with one attached hydrogen (secondary N) is 2. The summed E-state index contributed by atoms with van der Waals surface area (Å²) in [5.74, 6) is 1.28. The van der Waals surface area contributed by atoms with E-state index < -0.39 is 0 Å². The van der Waals surface area contributed by atoms with E-state index in [0.29, 0.717) is 11.4 Å². The average Bonchev–Trinajstić information content (AvgIpc) is 2.52. The van der Waals surface area contributed by atoms with Crippen LogP contribution in [0.25, 0.3) is 11.4 Å². The lowest BCUT2D eigenvalue weighted by molar-refractivity contribution is 1.04. The molecule has 5 nitrogen and oxygen atoms in total. The third-order valence-corrected chi connectivity index (χ3v) is 1.63. The molecular weight excluding hydrogens is 168 g/mol. The summed E-state index contributed by atoms with van der Waals surface area (Å²) in [7, 11) is 0. The lowest BCUT2D eigenvalue weighted by Crippen LogP contribution is -2.02. The molecule has 0 fully saturated rings. The Bertz CT molecular complexity index is 471. The van der Waals surface area contributed by atoms with Crippen LogP contribution >= 0.6 is 0 Å². The topological polar surface area (TPSA) is 74.4 Å². The van der Waals surface area contributed by atoms with Crippen molar-refractivity contribution in [2.45, 2.75) is 6.92 Å². The summed E-state index contributed by atoms with van der Waals surface area (Å²) in [6.07, 6.45) is 1.57. The quantitative estimate of drug-likeness (QED) is 0.663. The summed E-state index contributed by atoms with van der Waals surface area (Å²) in [5.41, 5.74) is 0.563. The van der Waals surface area contributed by atoms with Gasteiger partial charge in [0, 0.05) is 17.8 Å². The Hall–Kier alpha value is -1.91. The molecule has 0 saturated carbocycles. The lowest BCUT2D eigenvalue weighted by atomic mass is 10.2. The van der Waals surface area contributed by atoms with Crippen molar-refractivity contribution < 1.29 is 0 Å². The van der Waals surface area contributed by atoms with Crippen molar-refractivity contribution in [3.63, 3.8) is 0 Å². The van der Waals surface area contributed by atoms with Crippen LogP contribution in [-0.4, -0.2) is 20.2 Å². The highest BCUT2D eigenvalue weighted by molar-refractivity contribution is 5.52. The summed E-state index contributed by atoms with van der Waals surface area (Å²) in [6, 6.07) is 3.21. The minimum absolute atomic E-state index is 0.153. The van der Waals surface area contributed by atoms with Crippen molar-refractivity contribution in [3.05, 3.63) is 34.5 Å². The van der Waals surface area contributed by atoms with E-state index in [4.69, 9.17) is 0 Å². The van der Waals surface area contributed by atoms with Crippen LogP contribution in [0.4, 0.5) is 0 Å². The van der Waals surface area contributed by atoms with Gasteiger partial charge in [0.05, 0.1) is 0 Å². The summed E-state index contributed by atoms with van der Waals surface area (Å²) in [6.45, 7) is 1.81. The van der Waals surface area contributed by atoms with Gasteiger partial charge in [0.1, 0.15) is 5.82 Å². The van der Waals surface area contributed by atoms with Crippen molar-refractivity contribution in [2.75, 3.05) is 0 Å². The number of H-pyrrole nitrogens is 2. The zero-order valence-electron chi connectivity index (χ0n) is 7.03. The van der Waals surface area contributed by atoms with Gasteiger partial charge in [0.2, 0.25) is 5.56 Å². The number of pyridine rings is 1. The van der Waals surface area contributed by atoms with Gasteiger partial charge in [-0.1, -0.05) is 0 Å². The number of hydrogen-bond donors (Lipinski definition) is 2. The first kappa shape index (κ1) is 7.72. The van der Waals surface area contributed by atoms with Gasteiger partial charge in [0.15, 0.2) is 5.82 Å². The third kappa shape index (κ3) is 1.48. The lowest BCUT2D eigenvalue weighted by Gasteiger charge is -1.90. The SMILES string of the molecule is Cc1nc(-c2cc[nH]c(=O)c2)n[nH]1. The number of aromatic amines is 2. The van der Waals surface area contributed by atoms with Crippen LogP contribution in [0.3, 0.4) is 0 Å². The standard InChI is InChI=1S/C8H8N4O/c1-5-10-8(12-11-5)6-2-3-9-7(13)4-6/h2-4H,1H3,(H,9,13)(H,10,11,12). The van der Waals surface area contributed by atoms with E-state index in [0.717, 1.165) is 5.82 Å². The molecule has 2 rings (SSSR count). The van der Waals surface area contributed by atoms with Crippen LogP contribution in [0, 0.1) is 6.92 Å². The molecule has 5 heteroatoms. The first-order chi connectivity index (χ1) is 6.25. The summed E-state index contributed by atoms with van der Waals surface area (Å²) in [4.78, 5) is 17.6. The van der Waals surface area contributed by atoms with E-state index in [2.05, 4.69) is 20.2 Å². The summed E-state index contributed by atoms with van der Waals surface area (Å²) >= 11 is 0. The Morgan fingerprint density at radius 3 is 2.92 bits per heavy atom. The Balaban J connectivity index is 2.52. The van der Waals surface area contributed by atoms with Gasteiger partial charge in [-0.3, -0.25) is 9.89 Å². The van der Waals surface area contributed by atoms with Crippen LogP contribution in [0.1, 0.15) is 5.82 Å². The molecule has 0 atom stereocenters. The highest BCUT2D eigenvalue weighted by Crippen LogP contribution is 2.09. The van der Waals surface area contributed by atoms with Crippen LogP contribution < -0.4 is 5.56 Å². The maximum atomic E-state index is 10.9. The van der Waals surface area contributed by atoms with Gasteiger partial charge < -0.3 is 4.98 Å². The molecule has 0 aliphatic heterocycles. The highest BCUT2D eigenvalue weighted by Gasteiger charge is 2.02. The second-order valence-corrected chi connectivity index (χ2v) is 2.69. The molecule has 0 saturated heterocycles. The third-order valence-electron chi connectivity index (χ3n) is 1.63. The molecule has 0 spiro atoms. The fraction of sp³-hybridized carbons (Fsp3) is 0.125. The van der Waals surface area contributed by atoms with Crippen LogP contribution in [0.2, 0.25) is 0 Å². The van der Waals surface area contributed by atoms with E-state index in [1.165, 1.54) is 6.07 Å². The molecule has 0 aromatic carbocycles. The Labute approximate surface area is 73.9 Å². The highest BCUT2D eigenvalue weighted by atomic mass is 16.1. The monoisotopic (exact) mass is 176 g/mol. The van der Waals surface area contributed by atoms with Crippen molar-refractivity contribution in [2.24, 2.45) is 0 Å². The van der Waals surface area contributed by atoms with E-state index in [1.54, 1.807) is 12.3 Å². The molecule has 2 heterocycles. The summed E-state index contributed by atoms with van der Waals surface area (Å²) < 4.78 is 0. The number of aryl methyl sites for hydroxylation is 1. The number of aromatic nitrogens is 4. The fourth-order valence-corrected chi connectivity index (χ4v) is 1.06. The van der Waals surface area contributed by atoms with Gasteiger partial charge in [-0.15, -0.1) is 0 Å². The second kappa shape index (κ2) is 2.85. The molecule has 2 N–H and O–H groups in total. The van der Waals surface area contributed by atoms with E-state index in [1.807, 2.05) is 6.92 Å². The smallest absolute Gasteiger partial charge is 0.248 e. The Morgan fingerprint density at radius 2 is 2.31 bits per heavy atom. The van der Waals surface area contributed by atoms with Crippen molar-refractivity contribution in [1.82, 2.24) is 20.2 Å². The van der Waals surface area contributed by atoms with E-state index >= 15 is 0 Å². The van der Waals surface area contributed by atoms with Crippen LogP contribution in [0.5, 0.6) is 0 Å². The zero-order chi connectivity index (χ0) is 9.26. The first-order valence-electron chi connectivity index (χ1n) is 3.84. The van der Waals surface area contributed by atoms with Gasteiger partial charge in [0.25, 0.3) is 0 Å². The van der Waals surface area contributed by atoms with Gasteiger partial charge in [-0.2, -0.15) is 5.10 Å². The predicted octanol–water partition coefficient (Wildman–Crippen LogP) is 0.468. The van der Waals surface area contributed by atoms with Crippen molar-refractivity contribution >= 4 is 0 Å². The molecule has 0 unspecified atom stereocenters. The Morgan fingerprint density at radius 1 is 1.46 bits per heavy atom. The largest absolute Gasteiger partial charge is 0.329 e. The molecule has 0 bridgehead atoms. The normalized spacial score (nSPS) is 10.2. The molecule has 66 valence electrons. The average molecular weight is 176 g/mol. The first-order valence-corrected chi connectivity index (χ1v) is 3.84. The van der Waals surface area contributed by atoms with Gasteiger partial charge in [-0.25, -0.2) is 4.98 Å². The molecule has 13 heavy (non-hydrogen) atoms. The van der Waals surface area contributed by atoms with E-state index in [9.17, 15) is 4.79 Å². The molecular formula is C8H8N4O. The molecule has 0 aliphatic rings. The zero-order valence-corrected chi connectivity index (χ0v) is 7.03. The number of rotatable bonds is 1. The number of nitrogens with zero attached hydrogens (tertiary/aromatic N) is 2. The molecule has 0 radical (unpaired) electrons. The summed E-state index contributed by atoms with van der Waals surface area (Å²) in [5, 5.41) is 6.65. The fourth-order valence-electron chi connectivity index (χ4n) is 1.06. The van der Waals surface area contributed by atoms with Crippen molar-refractivity contribution in [3.8, 4) is 11.4 Å². The maximum Gasteiger partial charge on any atom is 0.248 e. The molecule has 0 aliphatic carbocycles. The van der Waals surface area contributed by atoms with Gasteiger partial charge in [-0.05, 0) is 13.0 Å². The molecule has 2 aromatic rings. The van der Waals surface area contributed by atoms with Crippen LogP contribution in [0.15, 0.2) is 23.1 Å². The minimum atomic E-state index is -0.153. The molecule has 0 amide bonds. The molecule has 2 aromatic heterocycles. The van der Waals surface area contributed by atoms with E-state index in [-0.39, 0.29) is 5.56 Å².